The summed E-state index contributed by atoms with van der Waals surface area (Å²) in [7, 11) is 0. The fourth-order valence-electron chi connectivity index (χ4n) is 5.05. The normalized spacial score (nSPS) is 15.0. The number of H-pyrrole nitrogens is 2. The highest BCUT2D eigenvalue weighted by molar-refractivity contribution is 6.01. The Morgan fingerprint density at radius 1 is 0.812 bits per heavy atom. The molecule has 0 amide bonds. The van der Waals surface area contributed by atoms with Crippen molar-refractivity contribution < 1.29 is 4.39 Å². The van der Waals surface area contributed by atoms with E-state index in [4.69, 9.17) is 0 Å². The molecule has 1 aliphatic rings. The lowest BCUT2D eigenvalue weighted by molar-refractivity contribution is 0.221. The molecule has 6 rings (SSSR count). The highest BCUT2D eigenvalue weighted by Crippen LogP contribution is 2.36. The van der Waals surface area contributed by atoms with Crippen LogP contribution < -0.4 is 0 Å². The predicted molar refractivity (Wildman–Crippen MR) is 130 cm³/mol. The Labute approximate surface area is 186 Å². The SMILES string of the molecule is Fc1ccccc1-c1cc(-c2cc3cc(CN4CCCCC4)ccc3[nH]2)c2c[nH]cc2c1. The van der Waals surface area contributed by atoms with E-state index in [9.17, 15) is 4.39 Å². The summed E-state index contributed by atoms with van der Waals surface area (Å²) in [5, 5.41) is 3.42. The molecule has 5 aromatic rings. The van der Waals surface area contributed by atoms with Crippen LogP contribution in [0, 0.1) is 5.82 Å². The van der Waals surface area contributed by atoms with Gasteiger partial charge in [-0.25, -0.2) is 4.39 Å². The first-order valence-corrected chi connectivity index (χ1v) is 11.4. The number of nitrogens with one attached hydrogen (secondary N) is 2. The second-order valence-electron chi connectivity index (χ2n) is 8.90. The van der Waals surface area contributed by atoms with Gasteiger partial charge in [0.05, 0.1) is 0 Å². The van der Waals surface area contributed by atoms with E-state index < -0.39 is 0 Å². The van der Waals surface area contributed by atoms with E-state index in [0.717, 1.165) is 39.7 Å². The minimum Gasteiger partial charge on any atom is -0.366 e. The molecule has 2 aromatic heterocycles. The smallest absolute Gasteiger partial charge is 0.131 e. The van der Waals surface area contributed by atoms with Crippen molar-refractivity contribution in [1.29, 1.82) is 0 Å². The first-order chi connectivity index (χ1) is 15.7. The first-order valence-electron chi connectivity index (χ1n) is 11.4. The Balaban J connectivity index is 1.42. The number of piperidine rings is 1. The van der Waals surface area contributed by atoms with Crippen LogP contribution in [-0.4, -0.2) is 28.0 Å². The monoisotopic (exact) mass is 423 g/mol. The third kappa shape index (κ3) is 3.51. The summed E-state index contributed by atoms with van der Waals surface area (Å²) in [5.41, 5.74) is 6.12. The molecule has 0 saturated carbocycles. The Morgan fingerprint density at radius 2 is 1.69 bits per heavy atom. The first kappa shape index (κ1) is 19.3. The highest BCUT2D eigenvalue weighted by Gasteiger charge is 2.14. The van der Waals surface area contributed by atoms with Gasteiger partial charge in [-0.3, -0.25) is 4.90 Å². The van der Waals surface area contributed by atoms with Gasteiger partial charge in [0.25, 0.3) is 0 Å². The molecule has 0 unspecified atom stereocenters. The molecule has 0 bridgehead atoms. The molecule has 3 heterocycles. The van der Waals surface area contributed by atoms with Crippen LogP contribution in [0.2, 0.25) is 0 Å². The zero-order valence-electron chi connectivity index (χ0n) is 18.0. The minimum absolute atomic E-state index is 0.202. The van der Waals surface area contributed by atoms with E-state index in [0.29, 0.717) is 5.56 Å². The molecule has 2 N–H and O–H groups in total. The van der Waals surface area contributed by atoms with E-state index in [1.165, 1.54) is 49.4 Å². The van der Waals surface area contributed by atoms with Crippen molar-refractivity contribution in [1.82, 2.24) is 14.9 Å². The van der Waals surface area contributed by atoms with Gasteiger partial charge >= 0.3 is 0 Å². The fourth-order valence-corrected chi connectivity index (χ4v) is 5.05. The van der Waals surface area contributed by atoms with Gasteiger partial charge in [-0.1, -0.05) is 30.7 Å². The standard InChI is InChI=1S/C28H26FN3/c29-26-7-3-2-6-23(26)20-13-22-16-30-17-25(22)24(14-20)28-15-21-12-19(8-9-27(21)31-28)18-32-10-4-1-5-11-32/h2-3,6-9,12-17,30-31H,1,4-5,10-11,18H2. The van der Waals surface area contributed by atoms with Crippen LogP contribution in [-0.2, 0) is 6.54 Å². The molecular weight excluding hydrogens is 397 g/mol. The number of rotatable bonds is 4. The molecule has 32 heavy (non-hydrogen) atoms. The molecule has 3 aromatic carbocycles. The third-order valence-electron chi connectivity index (χ3n) is 6.69. The third-order valence-corrected chi connectivity index (χ3v) is 6.69. The Kier molecular flexibility index (Phi) is 4.80. The molecule has 3 nitrogen and oxygen atoms in total. The summed E-state index contributed by atoms with van der Waals surface area (Å²) in [6, 6.07) is 20.1. The quantitative estimate of drug-likeness (QED) is 0.317. The van der Waals surface area contributed by atoms with Gasteiger partial charge in [-0.2, -0.15) is 0 Å². The summed E-state index contributed by atoms with van der Waals surface area (Å²) < 4.78 is 14.5. The van der Waals surface area contributed by atoms with Crippen molar-refractivity contribution in [3.05, 3.63) is 84.4 Å². The zero-order valence-corrected chi connectivity index (χ0v) is 18.0. The van der Waals surface area contributed by atoms with Gasteiger partial charge < -0.3 is 9.97 Å². The average Bonchev–Trinajstić information content (AvgIpc) is 3.46. The van der Waals surface area contributed by atoms with Crippen LogP contribution in [0.15, 0.2) is 73.1 Å². The van der Waals surface area contributed by atoms with Crippen molar-refractivity contribution in [2.75, 3.05) is 13.1 Å². The molecule has 0 atom stereocenters. The largest absolute Gasteiger partial charge is 0.366 e. The molecule has 4 heteroatoms. The average molecular weight is 424 g/mol. The fraction of sp³-hybridized carbons (Fsp3) is 0.214. The predicted octanol–water partition coefficient (Wildman–Crippen LogP) is 7.11. The lowest BCUT2D eigenvalue weighted by Crippen LogP contribution is -2.28. The molecule has 0 spiro atoms. The number of hydrogen-bond acceptors (Lipinski definition) is 1. The summed E-state index contributed by atoms with van der Waals surface area (Å²) >= 11 is 0. The highest BCUT2D eigenvalue weighted by atomic mass is 19.1. The van der Waals surface area contributed by atoms with Crippen LogP contribution in [0.1, 0.15) is 24.8 Å². The number of likely N-dealkylation sites (tertiary alicyclic amines) is 1. The van der Waals surface area contributed by atoms with Crippen LogP contribution in [0.5, 0.6) is 0 Å². The van der Waals surface area contributed by atoms with Crippen molar-refractivity contribution in [2.45, 2.75) is 25.8 Å². The van der Waals surface area contributed by atoms with E-state index in [1.54, 1.807) is 6.07 Å². The zero-order chi connectivity index (χ0) is 21.5. The number of aromatic nitrogens is 2. The van der Waals surface area contributed by atoms with E-state index in [-0.39, 0.29) is 5.82 Å². The lowest BCUT2D eigenvalue weighted by Gasteiger charge is -2.26. The van der Waals surface area contributed by atoms with Gasteiger partial charge in [-0.15, -0.1) is 0 Å². The molecule has 0 radical (unpaired) electrons. The van der Waals surface area contributed by atoms with Gasteiger partial charge in [0, 0.05) is 57.4 Å². The Morgan fingerprint density at radius 3 is 2.56 bits per heavy atom. The van der Waals surface area contributed by atoms with Crippen LogP contribution in [0.4, 0.5) is 4.39 Å². The molecule has 1 fully saturated rings. The van der Waals surface area contributed by atoms with Crippen molar-refractivity contribution in [3.8, 4) is 22.4 Å². The molecule has 0 aliphatic carbocycles. The van der Waals surface area contributed by atoms with Crippen LogP contribution in [0.25, 0.3) is 44.1 Å². The van der Waals surface area contributed by atoms with Crippen molar-refractivity contribution >= 4 is 21.7 Å². The minimum atomic E-state index is -0.202. The molecule has 1 saturated heterocycles. The summed E-state index contributed by atoms with van der Waals surface area (Å²) in [6.45, 7) is 3.41. The second kappa shape index (κ2) is 7.95. The van der Waals surface area contributed by atoms with E-state index in [1.807, 2.05) is 30.6 Å². The number of fused-ring (bicyclic) bond motifs is 2. The number of aromatic amines is 2. The molecular formula is C28H26FN3. The number of halogens is 1. The maximum atomic E-state index is 14.5. The van der Waals surface area contributed by atoms with Crippen LogP contribution in [0.3, 0.4) is 0 Å². The van der Waals surface area contributed by atoms with Gasteiger partial charge in [0.2, 0.25) is 0 Å². The summed E-state index contributed by atoms with van der Waals surface area (Å²) in [5.74, 6) is -0.202. The number of nitrogens with zero attached hydrogens (tertiary/aromatic N) is 1. The Hall–Kier alpha value is -3.37. The molecule has 1 aliphatic heterocycles. The maximum Gasteiger partial charge on any atom is 0.131 e. The van der Waals surface area contributed by atoms with Gasteiger partial charge in [-0.05, 0) is 73.5 Å². The van der Waals surface area contributed by atoms with Crippen molar-refractivity contribution in [2.24, 2.45) is 0 Å². The van der Waals surface area contributed by atoms with E-state index >= 15 is 0 Å². The number of benzene rings is 3. The van der Waals surface area contributed by atoms with Crippen molar-refractivity contribution in [3.63, 3.8) is 0 Å². The molecule has 160 valence electrons. The Bertz CT molecular complexity index is 1410. The topological polar surface area (TPSA) is 34.8 Å². The van der Waals surface area contributed by atoms with E-state index in [2.05, 4.69) is 45.2 Å². The maximum absolute atomic E-state index is 14.5. The summed E-state index contributed by atoms with van der Waals surface area (Å²) in [6.07, 6.45) is 7.96. The second-order valence-corrected chi connectivity index (χ2v) is 8.90. The lowest BCUT2D eigenvalue weighted by atomic mass is 9.97. The number of hydrogen-bond donors (Lipinski definition) is 2. The summed E-state index contributed by atoms with van der Waals surface area (Å²) in [4.78, 5) is 9.37. The van der Waals surface area contributed by atoms with Gasteiger partial charge in [0.15, 0.2) is 0 Å². The van der Waals surface area contributed by atoms with Gasteiger partial charge in [0.1, 0.15) is 5.82 Å². The van der Waals surface area contributed by atoms with Crippen LogP contribution >= 0.6 is 0 Å².